The highest BCUT2D eigenvalue weighted by atomic mass is 16.5. The normalized spacial score (nSPS) is 13.7. The second-order valence-electron chi connectivity index (χ2n) is 4.13. The Balaban J connectivity index is 2.75. The molecule has 1 aromatic rings. The zero-order chi connectivity index (χ0) is 13.7. The molecule has 4 N–H and O–H groups in total. The van der Waals surface area contributed by atoms with Gasteiger partial charge >= 0.3 is 5.97 Å². The lowest BCUT2D eigenvalue weighted by Gasteiger charge is -2.16. The van der Waals surface area contributed by atoms with E-state index in [1.165, 1.54) is 0 Å². The molecular weight excluding hydrogens is 232 g/mol. The number of carbonyl (C=O) groups is 2. The van der Waals surface area contributed by atoms with E-state index in [1.807, 2.05) is 0 Å². The van der Waals surface area contributed by atoms with Crippen LogP contribution in [0, 0.1) is 0 Å². The summed E-state index contributed by atoms with van der Waals surface area (Å²) < 4.78 is 5.06. The van der Waals surface area contributed by atoms with Crippen LogP contribution in [0.2, 0.25) is 0 Å². The molecule has 0 heterocycles. The Hall–Kier alpha value is -2.04. The van der Waals surface area contributed by atoms with Crippen molar-refractivity contribution >= 4 is 17.6 Å². The van der Waals surface area contributed by atoms with Crippen molar-refractivity contribution in [2.24, 2.45) is 5.73 Å². The third-order valence-corrected chi connectivity index (χ3v) is 2.71. The van der Waals surface area contributed by atoms with Crippen molar-refractivity contribution < 1.29 is 14.3 Å². The summed E-state index contributed by atoms with van der Waals surface area (Å²) in [6, 6.07) is 6.99. The summed E-state index contributed by atoms with van der Waals surface area (Å²) in [5.74, 6) is -1.60. The van der Waals surface area contributed by atoms with Crippen LogP contribution in [0.1, 0.15) is 31.7 Å². The molecule has 2 unspecified atom stereocenters. The van der Waals surface area contributed by atoms with Crippen LogP contribution in [-0.2, 0) is 14.3 Å². The Labute approximate surface area is 106 Å². The number of ether oxygens (including phenoxy) is 1. The van der Waals surface area contributed by atoms with Gasteiger partial charge in [0.1, 0.15) is 0 Å². The van der Waals surface area contributed by atoms with Crippen molar-refractivity contribution in [3.05, 3.63) is 29.8 Å². The van der Waals surface area contributed by atoms with Gasteiger partial charge in [0.25, 0.3) is 5.91 Å². The van der Waals surface area contributed by atoms with E-state index < -0.39 is 23.9 Å². The van der Waals surface area contributed by atoms with Gasteiger partial charge in [-0.25, -0.2) is 0 Å². The van der Waals surface area contributed by atoms with Crippen LogP contribution in [0.5, 0.6) is 0 Å². The third-order valence-electron chi connectivity index (χ3n) is 2.71. The molecule has 5 heteroatoms. The molecule has 0 aliphatic heterocycles. The average molecular weight is 250 g/mol. The number of anilines is 1. The topological polar surface area (TPSA) is 95.4 Å². The molecule has 0 bridgehead atoms. The molecule has 18 heavy (non-hydrogen) atoms. The third kappa shape index (κ3) is 3.48. The van der Waals surface area contributed by atoms with E-state index in [-0.39, 0.29) is 0 Å². The Kier molecular flexibility index (Phi) is 4.71. The molecule has 0 aliphatic rings. The number of hydrogen-bond donors (Lipinski definition) is 2. The Bertz CT molecular complexity index is 446. The van der Waals surface area contributed by atoms with Gasteiger partial charge in [-0.2, -0.15) is 0 Å². The lowest BCUT2D eigenvalue weighted by molar-refractivity contribution is -0.156. The molecule has 0 radical (unpaired) electrons. The number of carbonyl (C=O) groups excluding carboxylic acids is 2. The van der Waals surface area contributed by atoms with Crippen LogP contribution in [0.3, 0.4) is 0 Å². The molecule has 0 saturated heterocycles. The Morgan fingerprint density at radius 3 is 2.56 bits per heavy atom. The van der Waals surface area contributed by atoms with Crippen molar-refractivity contribution in [2.75, 3.05) is 5.73 Å². The monoisotopic (exact) mass is 250 g/mol. The molecule has 0 saturated carbocycles. The van der Waals surface area contributed by atoms with Gasteiger partial charge in [0.2, 0.25) is 0 Å². The first-order valence-electron chi connectivity index (χ1n) is 5.81. The maximum absolute atomic E-state index is 11.9. The number of primary amides is 1. The van der Waals surface area contributed by atoms with Gasteiger partial charge in [-0.15, -0.1) is 0 Å². The second kappa shape index (κ2) is 6.05. The molecule has 0 aliphatic carbocycles. The van der Waals surface area contributed by atoms with Crippen LogP contribution >= 0.6 is 0 Å². The first kappa shape index (κ1) is 14.0. The van der Waals surface area contributed by atoms with Crippen LogP contribution in [0.4, 0.5) is 5.69 Å². The summed E-state index contributed by atoms with van der Waals surface area (Å²) in [5, 5.41) is 0. The lowest BCUT2D eigenvalue weighted by atomic mass is 10.0. The lowest BCUT2D eigenvalue weighted by Crippen LogP contribution is -2.33. The summed E-state index contributed by atoms with van der Waals surface area (Å²) in [5.41, 5.74) is 12.1. The highest BCUT2D eigenvalue weighted by molar-refractivity contribution is 5.84. The number of rotatable bonds is 5. The molecule has 0 aromatic heterocycles. The van der Waals surface area contributed by atoms with Crippen LogP contribution in [-0.4, -0.2) is 18.0 Å². The fraction of sp³-hybridized carbons (Fsp3) is 0.385. The SMILES string of the molecule is CCC(OC(=O)C(C)c1cccc(N)c1)C(N)=O. The molecule has 2 atom stereocenters. The fourth-order valence-electron chi connectivity index (χ4n) is 1.55. The maximum Gasteiger partial charge on any atom is 0.313 e. The van der Waals surface area contributed by atoms with Gasteiger partial charge in [-0.1, -0.05) is 19.1 Å². The number of esters is 1. The first-order valence-corrected chi connectivity index (χ1v) is 5.81. The summed E-state index contributed by atoms with van der Waals surface area (Å²) in [4.78, 5) is 22.9. The van der Waals surface area contributed by atoms with E-state index in [4.69, 9.17) is 16.2 Å². The summed E-state index contributed by atoms with van der Waals surface area (Å²) in [7, 11) is 0. The van der Waals surface area contributed by atoms with E-state index in [2.05, 4.69) is 0 Å². The zero-order valence-corrected chi connectivity index (χ0v) is 10.6. The standard InChI is InChI=1S/C13H18N2O3/c1-3-11(12(15)16)18-13(17)8(2)9-5-4-6-10(14)7-9/h4-8,11H,3,14H2,1-2H3,(H2,15,16). The van der Waals surface area contributed by atoms with E-state index in [9.17, 15) is 9.59 Å². The molecule has 1 aromatic carbocycles. The summed E-state index contributed by atoms with van der Waals surface area (Å²) in [6.07, 6.45) is -0.508. The number of nitrogens with two attached hydrogens (primary N) is 2. The van der Waals surface area contributed by atoms with Crippen LogP contribution in [0.15, 0.2) is 24.3 Å². The first-order chi connectivity index (χ1) is 8.45. The van der Waals surface area contributed by atoms with Crippen molar-refractivity contribution in [2.45, 2.75) is 32.3 Å². The van der Waals surface area contributed by atoms with E-state index in [1.54, 1.807) is 38.1 Å². The minimum absolute atomic E-state index is 0.366. The van der Waals surface area contributed by atoms with Crippen molar-refractivity contribution in [1.29, 1.82) is 0 Å². The van der Waals surface area contributed by atoms with Gasteiger partial charge < -0.3 is 16.2 Å². The number of amides is 1. The average Bonchev–Trinajstić information content (AvgIpc) is 2.34. The predicted octanol–water partition coefficient (Wildman–Crippen LogP) is 1.18. The number of hydrogen-bond acceptors (Lipinski definition) is 4. The largest absolute Gasteiger partial charge is 0.452 e. The second-order valence-corrected chi connectivity index (χ2v) is 4.13. The highest BCUT2D eigenvalue weighted by Crippen LogP contribution is 2.20. The Morgan fingerprint density at radius 2 is 2.06 bits per heavy atom. The smallest absolute Gasteiger partial charge is 0.313 e. The van der Waals surface area contributed by atoms with Gasteiger partial charge in [0.15, 0.2) is 6.10 Å². The molecular formula is C13H18N2O3. The molecule has 1 rings (SSSR count). The minimum Gasteiger partial charge on any atom is -0.452 e. The van der Waals surface area contributed by atoms with E-state index in [0.717, 1.165) is 5.56 Å². The van der Waals surface area contributed by atoms with E-state index >= 15 is 0 Å². The molecule has 5 nitrogen and oxygen atoms in total. The Morgan fingerprint density at radius 1 is 1.39 bits per heavy atom. The van der Waals surface area contributed by atoms with Crippen LogP contribution in [0.25, 0.3) is 0 Å². The minimum atomic E-state index is -0.874. The number of nitrogen functional groups attached to an aromatic ring is 1. The van der Waals surface area contributed by atoms with Crippen LogP contribution < -0.4 is 11.5 Å². The molecule has 98 valence electrons. The summed E-state index contributed by atoms with van der Waals surface area (Å²) >= 11 is 0. The molecule has 0 spiro atoms. The van der Waals surface area contributed by atoms with Crippen molar-refractivity contribution in [3.63, 3.8) is 0 Å². The van der Waals surface area contributed by atoms with Gasteiger partial charge in [-0.05, 0) is 31.0 Å². The fourth-order valence-corrected chi connectivity index (χ4v) is 1.55. The zero-order valence-electron chi connectivity index (χ0n) is 10.6. The predicted molar refractivity (Wildman–Crippen MR) is 68.6 cm³/mol. The van der Waals surface area contributed by atoms with Gasteiger partial charge in [-0.3, -0.25) is 9.59 Å². The maximum atomic E-state index is 11.9. The quantitative estimate of drug-likeness (QED) is 0.606. The highest BCUT2D eigenvalue weighted by Gasteiger charge is 2.23. The van der Waals surface area contributed by atoms with E-state index in [0.29, 0.717) is 12.1 Å². The van der Waals surface area contributed by atoms with Crippen molar-refractivity contribution in [1.82, 2.24) is 0 Å². The molecule has 0 fully saturated rings. The van der Waals surface area contributed by atoms with Crippen molar-refractivity contribution in [3.8, 4) is 0 Å². The van der Waals surface area contributed by atoms with Gasteiger partial charge in [0.05, 0.1) is 5.92 Å². The summed E-state index contributed by atoms with van der Waals surface area (Å²) in [6.45, 7) is 3.43. The van der Waals surface area contributed by atoms with Gasteiger partial charge in [0, 0.05) is 5.69 Å². The molecule has 1 amide bonds. The number of benzene rings is 1.